The summed E-state index contributed by atoms with van der Waals surface area (Å²) in [6.45, 7) is 6.62. The summed E-state index contributed by atoms with van der Waals surface area (Å²) in [4.78, 5) is 16.2. The van der Waals surface area contributed by atoms with Gasteiger partial charge in [0, 0.05) is 18.6 Å². The van der Waals surface area contributed by atoms with Gasteiger partial charge < -0.3 is 14.4 Å². The van der Waals surface area contributed by atoms with Gasteiger partial charge in [-0.2, -0.15) is 0 Å². The fraction of sp³-hybridized carbons (Fsp3) is 0.909. The van der Waals surface area contributed by atoms with E-state index < -0.39 is 11.2 Å². The molecular weight excluding hydrogens is 236 g/mol. The molecule has 18 heavy (non-hydrogen) atoms. The first-order valence-electron chi connectivity index (χ1n) is 5.86. The number of carbonyl (C=O) groups excluding carboxylic acids is 1. The van der Waals surface area contributed by atoms with E-state index in [2.05, 4.69) is 10.0 Å². The minimum atomic E-state index is -0.580. The maximum Gasteiger partial charge on any atom is 0.410 e. The standard InChI is InChI=1S/C11H20N4O3/c1-10(2,3)18-9(16)15-6-5-11(8-15,17-4)7-13-14-12/h5-8H2,1-4H3/t11-/m0/s1. The van der Waals surface area contributed by atoms with Crippen molar-refractivity contribution in [2.45, 2.75) is 38.4 Å². The highest BCUT2D eigenvalue weighted by molar-refractivity contribution is 5.68. The molecule has 0 radical (unpaired) electrons. The van der Waals surface area contributed by atoms with E-state index in [-0.39, 0.29) is 12.6 Å². The van der Waals surface area contributed by atoms with Gasteiger partial charge in [-0.3, -0.25) is 0 Å². The molecule has 7 nitrogen and oxygen atoms in total. The highest BCUT2D eigenvalue weighted by Crippen LogP contribution is 2.26. The zero-order chi connectivity index (χ0) is 13.8. The zero-order valence-corrected chi connectivity index (χ0v) is 11.3. The molecule has 0 aromatic rings. The number of rotatable bonds is 3. The molecular formula is C11H20N4O3. The smallest absolute Gasteiger partial charge is 0.410 e. The normalized spacial score (nSPS) is 23.7. The molecule has 1 fully saturated rings. The van der Waals surface area contributed by atoms with Crippen LogP contribution in [0.15, 0.2) is 5.11 Å². The summed E-state index contributed by atoms with van der Waals surface area (Å²) in [5.74, 6) is 0. The van der Waals surface area contributed by atoms with E-state index in [9.17, 15) is 4.79 Å². The van der Waals surface area contributed by atoms with Crippen molar-refractivity contribution >= 4 is 6.09 Å². The summed E-state index contributed by atoms with van der Waals surface area (Å²) >= 11 is 0. The Balaban J connectivity index is 2.63. The molecule has 1 atom stereocenters. The molecule has 1 heterocycles. The Morgan fingerprint density at radius 1 is 1.56 bits per heavy atom. The van der Waals surface area contributed by atoms with Crippen molar-refractivity contribution in [3.05, 3.63) is 10.4 Å². The largest absolute Gasteiger partial charge is 0.444 e. The first kappa shape index (κ1) is 14.6. The summed E-state index contributed by atoms with van der Waals surface area (Å²) in [7, 11) is 1.56. The van der Waals surface area contributed by atoms with E-state index in [1.807, 2.05) is 20.8 Å². The van der Waals surface area contributed by atoms with Gasteiger partial charge in [0.2, 0.25) is 0 Å². The van der Waals surface area contributed by atoms with Gasteiger partial charge in [0.25, 0.3) is 0 Å². The van der Waals surface area contributed by atoms with Crippen LogP contribution in [0, 0.1) is 0 Å². The quantitative estimate of drug-likeness (QED) is 0.441. The third-order valence-electron chi connectivity index (χ3n) is 2.82. The van der Waals surface area contributed by atoms with E-state index in [0.717, 1.165) is 0 Å². The minimum Gasteiger partial charge on any atom is -0.444 e. The Kier molecular flexibility index (Phi) is 4.43. The van der Waals surface area contributed by atoms with Crippen LogP contribution in [-0.4, -0.2) is 48.9 Å². The minimum absolute atomic E-state index is 0.222. The molecule has 0 bridgehead atoms. The number of hydrogen-bond donors (Lipinski definition) is 0. The highest BCUT2D eigenvalue weighted by Gasteiger charge is 2.41. The van der Waals surface area contributed by atoms with Gasteiger partial charge in [-0.25, -0.2) is 4.79 Å². The Hall–Kier alpha value is -1.46. The molecule has 0 aromatic carbocycles. The van der Waals surface area contributed by atoms with Crippen LogP contribution >= 0.6 is 0 Å². The number of ether oxygens (including phenoxy) is 2. The second kappa shape index (κ2) is 5.46. The molecule has 0 unspecified atom stereocenters. The van der Waals surface area contributed by atoms with Gasteiger partial charge in [0.1, 0.15) is 5.60 Å². The molecule has 1 aliphatic heterocycles. The number of likely N-dealkylation sites (tertiary alicyclic amines) is 1. The lowest BCUT2D eigenvalue weighted by molar-refractivity contribution is -0.00366. The maximum atomic E-state index is 11.9. The fourth-order valence-corrected chi connectivity index (χ4v) is 1.85. The van der Waals surface area contributed by atoms with Crippen molar-refractivity contribution in [2.24, 2.45) is 5.11 Å². The molecule has 102 valence electrons. The molecule has 0 spiro atoms. The number of hydrogen-bond acceptors (Lipinski definition) is 4. The van der Waals surface area contributed by atoms with Crippen LogP contribution in [-0.2, 0) is 9.47 Å². The lowest BCUT2D eigenvalue weighted by Crippen LogP contribution is -2.41. The van der Waals surface area contributed by atoms with E-state index in [0.29, 0.717) is 19.5 Å². The summed E-state index contributed by atoms with van der Waals surface area (Å²) < 4.78 is 10.7. The number of amides is 1. The van der Waals surface area contributed by atoms with Gasteiger partial charge in [-0.1, -0.05) is 5.11 Å². The van der Waals surface area contributed by atoms with Crippen LogP contribution in [0.25, 0.3) is 10.4 Å². The third kappa shape index (κ3) is 3.78. The summed E-state index contributed by atoms with van der Waals surface area (Å²) in [6.07, 6.45) is 0.282. The van der Waals surface area contributed by atoms with E-state index in [1.54, 1.807) is 12.0 Å². The monoisotopic (exact) mass is 256 g/mol. The Morgan fingerprint density at radius 3 is 2.72 bits per heavy atom. The van der Waals surface area contributed by atoms with Crippen molar-refractivity contribution in [2.75, 3.05) is 26.7 Å². The van der Waals surface area contributed by atoms with Crippen LogP contribution in [0.4, 0.5) is 4.79 Å². The molecule has 1 amide bonds. The SMILES string of the molecule is CO[C@]1(CN=[N+]=[N-])CCN(C(=O)OC(C)(C)C)C1. The lowest BCUT2D eigenvalue weighted by Gasteiger charge is -2.27. The van der Waals surface area contributed by atoms with Gasteiger partial charge >= 0.3 is 6.09 Å². The summed E-state index contributed by atoms with van der Waals surface area (Å²) in [5, 5.41) is 3.54. The van der Waals surface area contributed by atoms with Crippen molar-refractivity contribution in [1.29, 1.82) is 0 Å². The van der Waals surface area contributed by atoms with Crippen molar-refractivity contribution in [3.8, 4) is 0 Å². The van der Waals surface area contributed by atoms with E-state index in [1.165, 1.54) is 0 Å². The molecule has 0 aliphatic carbocycles. The predicted octanol–water partition coefficient (Wildman–Crippen LogP) is 2.32. The number of carbonyl (C=O) groups is 1. The van der Waals surface area contributed by atoms with Crippen LogP contribution in [0.2, 0.25) is 0 Å². The molecule has 0 aromatic heterocycles. The Labute approximate surface area is 107 Å². The van der Waals surface area contributed by atoms with Crippen LogP contribution in [0.5, 0.6) is 0 Å². The van der Waals surface area contributed by atoms with Crippen LogP contribution in [0.3, 0.4) is 0 Å². The average Bonchev–Trinajstić information content (AvgIpc) is 2.69. The highest BCUT2D eigenvalue weighted by atomic mass is 16.6. The molecule has 1 saturated heterocycles. The Bertz CT molecular complexity index is 360. The fourth-order valence-electron chi connectivity index (χ4n) is 1.85. The van der Waals surface area contributed by atoms with Gasteiger partial charge in [0.05, 0.1) is 18.7 Å². The summed E-state index contributed by atoms with van der Waals surface area (Å²) in [5.41, 5.74) is 7.27. The van der Waals surface area contributed by atoms with Crippen molar-refractivity contribution < 1.29 is 14.3 Å². The number of nitrogens with zero attached hydrogens (tertiary/aromatic N) is 4. The van der Waals surface area contributed by atoms with Crippen LogP contribution in [0.1, 0.15) is 27.2 Å². The molecule has 7 heteroatoms. The maximum absolute atomic E-state index is 11.9. The van der Waals surface area contributed by atoms with Gasteiger partial charge in [0.15, 0.2) is 0 Å². The second-order valence-corrected chi connectivity index (χ2v) is 5.43. The van der Waals surface area contributed by atoms with E-state index >= 15 is 0 Å². The molecule has 1 aliphatic rings. The van der Waals surface area contributed by atoms with Crippen LogP contribution < -0.4 is 0 Å². The third-order valence-corrected chi connectivity index (χ3v) is 2.82. The van der Waals surface area contributed by atoms with Crippen molar-refractivity contribution in [1.82, 2.24) is 4.90 Å². The average molecular weight is 256 g/mol. The van der Waals surface area contributed by atoms with Gasteiger partial charge in [-0.15, -0.1) is 0 Å². The first-order chi connectivity index (χ1) is 8.32. The second-order valence-electron chi connectivity index (χ2n) is 5.43. The first-order valence-corrected chi connectivity index (χ1v) is 5.86. The molecule has 1 rings (SSSR count). The molecule has 0 saturated carbocycles. The molecule has 0 N–H and O–H groups in total. The van der Waals surface area contributed by atoms with E-state index in [4.69, 9.17) is 15.0 Å². The number of methoxy groups -OCH3 is 1. The van der Waals surface area contributed by atoms with Crippen molar-refractivity contribution in [3.63, 3.8) is 0 Å². The lowest BCUT2D eigenvalue weighted by atomic mass is 10.0. The van der Waals surface area contributed by atoms with Gasteiger partial charge in [-0.05, 0) is 32.7 Å². The Morgan fingerprint density at radius 2 is 2.22 bits per heavy atom. The number of azide groups is 1. The zero-order valence-electron chi connectivity index (χ0n) is 11.3. The summed E-state index contributed by atoms with van der Waals surface area (Å²) in [6, 6.07) is 0. The predicted molar refractivity (Wildman–Crippen MR) is 66.2 cm³/mol. The topological polar surface area (TPSA) is 87.5 Å².